The zero-order valence-electron chi connectivity index (χ0n) is 6.87. The van der Waals surface area contributed by atoms with Crippen LogP contribution in [0.2, 0.25) is 0 Å². The first kappa shape index (κ1) is 9.90. The summed E-state index contributed by atoms with van der Waals surface area (Å²) in [4.78, 5) is 0. The van der Waals surface area contributed by atoms with Gasteiger partial charge in [-0.05, 0) is 35.4 Å². The molecule has 0 bridgehead atoms. The highest BCUT2D eigenvalue weighted by Gasteiger charge is 2.46. The first-order valence-corrected chi connectivity index (χ1v) is 4.06. The summed E-state index contributed by atoms with van der Waals surface area (Å²) in [6.07, 6.45) is 1.67. The first-order valence-electron chi connectivity index (χ1n) is 3.68. The van der Waals surface area contributed by atoms with Gasteiger partial charge in [0.15, 0.2) is 5.83 Å². The van der Waals surface area contributed by atoms with E-state index in [1.807, 2.05) is 13.8 Å². The van der Waals surface area contributed by atoms with Crippen molar-refractivity contribution in [1.82, 2.24) is 0 Å². The van der Waals surface area contributed by atoms with Crippen LogP contribution in [-0.4, -0.2) is 5.38 Å². The van der Waals surface area contributed by atoms with Crippen molar-refractivity contribution in [2.75, 3.05) is 0 Å². The summed E-state index contributed by atoms with van der Waals surface area (Å²) in [5.41, 5.74) is -0.0422. The van der Waals surface area contributed by atoms with Gasteiger partial charge < -0.3 is 0 Å². The molecule has 0 aromatic heterocycles. The zero-order valence-corrected chi connectivity index (χ0v) is 7.63. The summed E-state index contributed by atoms with van der Waals surface area (Å²) in [5, 5.41) is -3.83. The number of halogens is 4. The van der Waals surface area contributed by atoms with Gasteiger partial charge in [-0.2, -0.15) is 8.78 Å². The highest BCUT2D eigenvalue weighted by atomic mass is 35.5. The van der Waals surface area contributed by atoms with Crippen LogP contribution in [0.1, 0.15) is 20.3 Å². The lowest BCUT2D eigenvalue weighted by atomic mass is 10.1. The molecule has 1 unspecified atom stereocenters. The molecule has 0 N–H and O–H groups in total. The van der Waals surface area contributed by atoms with E-state index < -0.39 is 11.2 Å². The van der Waals surface area contributed by atoms with E-state index in [0.717, 1.165) is 12.5 Å². The maximum Gasteiger partial charge on any atom is 0.373 e. The summed E-state index contributed by atoms with van der Waals surface area (Å²) >= 11 is 4.47. The molecule has 1 atom stereocenters. The average molecular weight is 199 g/mol. The van der Waals surface area contributed by atoms with Gasteiger partial charge in [-0.25, -0.2) is 4.39 Å². The Morgan fingerprint density at radius 2 is 2.00 bits per heavy atom. The van der Waals surface area contributed by atoms with Gasteiger partial charge in [0.1, 0.15) is 0 Å². The third-order valence-electron chi connectivity index (χ3n) is 2.21. The van der Waals surface area contributed by atoms with Crippen LogP contribution in [0.25, 0.3) is 0 Å². The number of rotatable bonds is 2. The van der Waals surface area contributed by atoms with Gasteiger partial charge in [0.05, 0.1) is 0 Å². The normalized spacial score (nSPS) is 28.8. The predicted octanol–water partition coefficient (Wildman–Crippen LogP) is 3.72. The second-order valence-corrected chi connectivity index (χ2v) is 4.29. The molecule has 0 saturated heterocycles. The van der Waals surface area contributed by atoms with E-state index in [-0.39, 0.29) is 11.3 Å². The molecule has 0 aromatic rings. The number of alkyl halides is 3. The van der Waals surface area contributed by atoms with Gasteiger partial charge in [-0.3, -0.25) is 0 Å². The van der Waals surface area contributed by atoms with Gasteiger partial charge in [-0.1, -0.05) is 13.8 Å². The molecule has 0 spiro atoms. The molecule has 0 heterocycles. The van der Waals surface area contributed by atoms with Crippen molar-refractivity contribution < 1.29 is 13.2 Å². The number of allylic oxidation sites excluding steroid dienone is 2. The van der Waals surface area contributed by atoms with E-state index in [4.69, 9.17) is 0 Å². The second kappa shape index (κ2) is 2.66. The fourth-order valence-electron chi connectivity index (χ4n) is 1.06. The standard InChI is InChI=1S/C8H10ClF3/c1-7(2)4-5(7)3-6(10)8(9,11)12/h3,5H,4H2,1-2H3. The van der Waals surface area contributed by atoms with E-state index >= 15 is 0 Å². The first-order chi connectivity index (χ1) is 5.23. The topological polar surface area (TPSA) is 0 Å². The molecule has 1 aliphatic carbocycles. The SMILES string of the molecule is CC1(C)CC1C=C(F)C(F)(F)Cl. The Labute approximate surface area is 74.4 Å². The van der Waals surface area contributed by atoms with Crippen LogP contribution in [0.15, 0.2) is 11.9 Å². The third-order valence-corrected chi connectivity index (χ3v) is 2.39. The molecule has 12 heavy (non-hydrogen) atoms. The molecular formula is C8H10ClF3. The number of hydrogen-bond donors (Lipinski definition) is 0. The molecule has 4 heteroatoms. The lowest BCUT2D eigenvalue weighted by Gasteiger charge is -2.04. The van der Waals surface area contributed by atoms with E-state index in [2.05, 4.69) is 11.6 Å². The van der Waals surface area contributed by atoms with Crippen LogP contribution in [0.4, 0.5) is 13.2 Å². The average Bonchev–Trinajstić information content (AvgIpc) is 2.36. The van der Waals surface area contributed by atoms with Crippen LogP contribution < -0.4 is 0 Å². The van der Waals surface area contributed by atoms with Crippen LogP contribution in [0.3, 0.4) is 0 Å². The van der Waals surface area contributed by atoms with E-state index in [1.165, 1.54) is 0 Å². The fourth-order valence-corrected chi connectivity index (χ4v) is 1.13. The van der Waals surface area contributed by atoms with E-state index in [0.29, 0.717) is 0 Å². The lowest BCUT2D eigenvalue weighted by molar-refractivity contribution is 0.109. The monoisotopic (exact) mass is 198 g/mol. The molecular weight excluding hydrogens is 189 g/mol. The van der Waals surface area contributed by atoms with Crippen molar-refractivity contribution in [2.45, 2.75) is 25.7 Å². The second-order valence-electron chi connectivity index (χ2n) is 3.81. The quantitative estimate of drug-likeness (QED) is 0.594. The molecule has 0 nitrogen and oxygen atoms in total. The lowest BCUT2D eigenvalue weighted by Crippen LogP contribution is -2.06. The Balaban J connectivity index is 2.60. The fraction of sp³-hybridized carbons (Fsp3) is 0.750. The Morgan fingerprint density at radius 3 is 2.25 bits per heavy atom. The van der Waals surface area contributed by atoms with Gasteiger partial charge in [0.25, 0.3) is 0 Å². The molecule has 1 fully saturated rings. The largest absolute Gasteiger partial charge is 0.373 e. The van der Waals surface area contributed by atoms with E-state index in [9.17, 15) is 13.2 Å². The number of hydrogen-bond acceptors (Lipinski definition) is 0. The van der Waals surface area contributed by atoms with Crippen molar-refractivity contribution in [1.29, 1.82) is 0 Å². The van der Waals surface area contributed by atoms with Gasteiger partial charge in [0, 0.05) is 0 Å². The summed E-state index contributed by atoms with van der Waals surface area (Å²) in [7, 11) is 0. The van der Waals surface area contributed by atoms with Gasteiger partial charge >= 0.3 is 5.38 Å². The summed E-state index contributed by atoms with van der Waals surface area (Å²) in [5.74, 6) is -1.62. The molecule has 0 radical (unpaired) electrons. The van der Waals surface area contributed by atoms with Crippen molar-refractivity contribution >= 4 is 11.6 Å². The molecule has 70 valence electrons. The molecule has 0 aromatic carbocycles. The van der Waals surface area contributed by atoms with Gasteiger partial charge in [-0.15, -0.1) is 0 Å². The molecule has 1 rings (SSSR count). The van der Waals surface area contributed by atoms with Crippen LogP contribution >= 0.6 is 11.6 Å². The van der Waals surface area contributed by atoms with Crippen LogP contribution in [-0.2, 0) is 0 Å². The zero-order chi connectivity index (χ0) is 9.57. The highest BCUT2D eigenvalue weighted by Crippen LogP contribution is 2.53. The maximum atomic E-state index is 12.5. The van der Waals surface area contributed by atoms with Gasteiger partial charge in [0.2, 0.25) is 0 Å². The minimum atomic E-state index is -3.83. The molecule has 0 aliphatic heterocycles. The summed E-state index contributed by atoms with van der Waals surface area (Å²) in [6.45, 7) is 3.79. The predicted molar refractivity (Wildman–Crippen MR) is 41.9 cm³/mol. The van der Waals surface area contributed by atoms with Crippen molar-refractivity contribution in [3.63, 3.8) is 0 Å². The van der Waals surface area contributed by atoms with Crippen LogP contribution in [0, 0.1) is 11.3 Å². The third kappa shape index (κ3) is 2.16. The highest BCUT2D eigenvalue weighted by molar-refractivity contribution is 6.23. The molecule has 1 aliphatic rings. The van der Waals surface area contributed by atoms with E-state index in [1.54, 1.807) is 0 Å². The Bertz CT molecular complexity index is 215. The molecule has 0 amide bonds. The molecule has 1 saturated carbocycles. The van der Waals surface area contributed by atoms with Crippen LogP contribution in [0.5, 0.6) is 0 Å². The summed E-state index contributed by atoms with van der Waals surface area (Å²) in [6, 6.07) is 0. The van der Waals surface area contributed by atoms with Crippen molar-refractivity contribution in [3.05, 3.63) is 11.9 Å². The van der Waals surface area contributed by atoms with Crippen molar-refractivity contribution in [2.24, 2.45) is 11.3 Å². The smallest absolute Gasteiger partial charge is 0.204 e. The summed E-state index contributed by atoms with van der Waals surface area (Å²) < 4.78 is 36.7. The minimum Gasteiger partial charge on any atom is -0.204 e. The maximum absolute atomic E-state index is 12.5. The minimum absolute atomic E-state index is 0.0422. The Kier molecular flexibility index (Phi) is 2.19. The Morgan fingerprint density at radius 1 is 1.58 bits per heavy atom. The van der Waals surface area contributed by atoms with Crippen molar-refractivity contribution in [3.8, 4) is 0 Å². The Hall–Kier alpha value is -0.180.